The summed E-state index contributed by atoms with van der Waals surface area (Å²) in [5.41, 5.74) is 2.14. The van der Waals surface area contributed by atoms with Gasteiger partial charge in [-0.2, -0.15) is 0 Å². The van der Waals surface area contributed by atoms with Gasteiger partial charge in [0.25, 0.3) is 0 Å². The number of ether oxygens (including phenoxy) is 2. The van der Waals surface area contributed by atoms with Crippen LogP contribution in [0.25, 0.3) is 0 Å². The first-order chi connectivity index (χ1) is 17.1. The first kappa shape index (κ1) is 24.8. The minimum Gasteiger partial charge on any atom is -0.497 e. The Morgan fingerprint density at radius 2 is 1.14 bits per heavy atom. The summed E-state index contributed by atoms with van der Waals surface area (Å²) in [6.07, 6.45) is 0. The third kappa shape index (κ3) is 5.35. The van der Waals surface area contributed by atoms with Crippen molar-refractivity contribution in [1.82, 2.24) is 4.90 Å². The molecule has 0 aliphatic rings. The largest absolute Gasteiger partial charge is 0.497 e. The molecule has 180 valence electrons. The van der Waals surface area contributed by atoms with Crippen molar-refractivity contribution in [2.24, 2.45) is 0 Å². The van der Waals surface area contributed by atoms with Crippen molar-refractivity contribution in [3.8, 4) is 11.5 Å². The van der Waals surface area contributed by atoms with Crippen LogP contribution in [0.3, 0.4) is 0 Å². The van der Waals surface area contributed by atoms with Gasteiger partial charge in [-0.3, -0.25) is 4.90 Å². The Morgan fingerprint density at radius 3 is 1.57 bits per heavy atom. The third-order valence-corrected chi connectivity index (χ3v) is 9.78. The highest BCUT2D eigenvalue weighted by molar-refractivity contribution is 7.78. The molecule has 1 unspecified atom stereocenters. The molecular weight excluding hydrogens is 453 g/mol. The number of rotatable bonds is 10. The second-order valence-electron chi connectivity index (χ2n) is 8.39. The molecule has 5 heteroatoms. The van der Waals surface area contributed by atoms with E-state index in [1.165, 1.54) is 0 Å². The normalized spacial score (nSPS) is 12.3. The first-order valence-electron chi connectivity index (χ1n) is 11.8. The second kappa shape index (κ2) is 11.4. The van der Waals surface area contributed by atoms with Crippen LogP contribution in [0.2, 0.25) is 0 Å². The van der Waals surface area contributed by atoms with Crippen molar-refractivity contribution in [3.63, 3.8) is 0 Å². The smallest absolute Gasteiger partial charge is 0.163 e. The molecule has 4 rings (SSSR count). The molecule has 4 aromatic carbocycles. The molecular formula is C30H32NO3P. The molecule has 0 aliphatic carbocycles. The van der Waals surface area contributed by atoms with Gasteiger partial charge in [-0.05, 0) is 41.9 Å². The maximum Gasteiger partial charge on any atom is 0.163 e. The fourth-order valence-corrected chi connectivity index (χ4v) is 7.88. The van der Waals surface area contributed by atoms with E-state index in [0.717, 1.165) is 39.8 Å². The van der Waals surface area contributed by atoms with Gasteiger partial charge in [-0.15, -0.1) is 0 Å². The lowest BCUT2D eigenvalue weighted by Crippen LogP contribution is -2.34. The highest BCUT2D eigenvalue weighted by atomic mass is 31.2. The molecule has 4 nitrogen and oxygen atoms in total. The second-order valence-corrected chi connectivity index (χ2v) is 11.2. The van der Waals surface area contributed by atoms with Crippen molar-refractivity contribution < 1.29 is 14.0 Å². The van der Waals surface area contributed by atoms with Gasteiger partial charge in [0, 0.05) is 17.2 Å². The lowest BCUT2D eigenvalue weighted by atomic mass is 10.1. The third-order valence-electron chi connectivity index (χ3n) is 6.33. The molecule has 0 saturated carbocycles. The van der Waals surface area contributed by atoms with E-state index in [1.54, 1.807) is 14.2 Å². The predicted molar refractivity (Wildman–Crippen MR) is 145 cm³/mol. The molecule has 0 spiro atoms. The highest BCUT2D eigenvalue weighted by Gasteiger charge is 2.41. The van der Waals surface area contributed by atoms with Gasteiger partial charge in [0.05, 0.1) is 20.0 Å². The van der Waals surface area contributed by atoms with Crippen molar-refractivity contribution in [1.29, 1.82) is 0 Å². The zero-order valence-corrected chi connectivity index (χ0v) is 21.4. The fourth-order valence-electron chi connectivity index (χ4n) is 4.49. The van der Waals surface area contributed by atoms with E-state index in [1.807, 2.05) is 97.1 Å². The molecule has 0 aliphatic heterocycles. The lowest BCUT2D eigenvalue weighted by molar-refractivity contribution is 0.254. The summed E-state index contributed by atoms with van der Waals surface area (Å²) in [6.45, 7) is 3.51. The van der Waals surface area contributed by atoms with Gasteiger partial charge < -0.3 is 14.0 Å². The Balaban J connectivity index is 1.89. The van der Waals surface area contributed by atoms with Gasteiger partial charge in [-0.1, -0.05) is 91.9 Å². The summed E-state index contributed by atoms with van der Waals surface area (Å²) in [7, 11) is 0.186. The molecule has 1 atom stereocenters. The van der Waals surface area contributed by atoms with E-state index < -0.39 is 7.14 Å². The van der Waals surface area contributed by atoms with Crippen molar-refractivity contribution in [3.05, 3.63) is 120 Å². The summed E-state index contributed by atoms with van der Waals surface area (Å²) in [5.74, 6) is 1.24. The van der Waals surface area contributed by atoms with Crippen LogP contribution >= 0.6 is 7.14 Å². The maximum absolute atomic E-state index is 15.5. The Labute approximate surface area is 208 Å². The molecule has 0 N–H and O–H groups in total. The summed E-state index contributed by atoms with van der Waals surface area (Å²) >= 11 is 0. The molecule has 4 aromatic rings. The summed E-state index contributed by atoms with van der Waals surface area (Å²) in [5, 5.41) is 1.69. The molecule has 0 bridgehead atoms. The van der Waals surface area contributed by atoms with E-state index in [0.29, 0.717) is 6.54 Å². The van der Waals surface area contributed by atoms with E-state index >= 15 is 4.57 Å². The van der Waals surface area contributed by atoms with E-state index in [-0.39, 0.29) is 5.78 Å². The fraction of sp³-hybridized carbons (Fsp3) is 0.200. The van der Waals surface area contributed by atoms with Crippen LogP contribution in [0.5, 0.6) is 11.5 Å². The Kier molecular flexibility index (Phi) is 8.07. The predicted octanol–water partition coefficient (Wildman–Crippen LogP) is 6.24. The maximum atomic E-state index is 15.5. The van der Waals surface area contributed by atoms with Crippen LogP contribution in [0.4, 0.5) is 0 Å². The number of nitrogens with zero attached hydrogens (tertiary/aromatic N) is 1. The average molecular weight is 486 g/mol. The lowest BCUT2D eigenvalue weighted by Gasteiger charge is -2.37. The zero-order valence-electron chi connectivity index (χ0n) is 20.5. The van der Waals surface area contributed by atoms with Crippen molar-refractivity contribution >= 4 is 17.8 Å². The average Bonchev–Trinajstić information content (AvgIpc) is 2.94. The Bertz CT molecular complexity index is 1200. The Hall–Kier alpha value is -3.33. The number of hydrogen-bond acceptors (Lipinski definition) is 4. The van der Waals surface area contributed by atoms with Gasteiger partial charge in [0.15, 0.2) is 7.14 Å². The zero-order chi connectivity index (χ0) is 24.7. The van der Waals surface area contributed by atoms with E-state index in [9.17, 15) is 0 Å². The first-order valence-corrected chi connectivity index (χ1v) is 13.6. The van der Waals surface area contributed by atoms with Crippen LogP contribution in [-0.2, 0) is 11.1 Å². The van der Waals surface area contributed by atoms with Crippen LogP contribution in [-0.4, -0.2) is 25.7 Å². The van der Waals surface area contributed by atoms with E-state index in [2.05, 4.69) is 24.0 Å². The topological polar surface area (TPSA) is 38.8 Å². The quantitative estimate of drug-likeness (QED) is 0.249. The Morgan fingerprint density at radius 1 is 0.686 bits per heavy atom. The molecule has 0 radical (unpaired) electrons. The molecule has 0 heterocycles. The van der Waals surface area contributed by atoms with Crippen LogP contribution in [0.15, 0.2) is 109 Å². The molecule has 0 amide bonds. The summed E-state index contributed by atoms with van der Waals surface area (Å²) in [6, 6.07) is 35.8. The molecule has 0 saturated heterocycles. The van der Waals surface area contributed by atoms with Gasteiger partial charge in [0.2, 0.25) is 0 Å². The minimum atomic E-state index is -3.14. The van der Waals surface area contributed by atoms with Crippen molar-refractivity contribution in [2.45, 2.75) is 19.3 Å². The standard InChI is InChI=1S/C30H32NO3P/c1-4-31(23-24-15-19-26(33-2)20-16-24)30(25-17-21-27(34-3)22-18-25)35(32,28-11-7-5-8-12-28)29-13-9-6-10-14-29/h5-22,30H,4,23H2,1-3H3. The minimum absolute atomic E-state index is 0.356. The highest BCUT2D eigenvalue weighted by Crippen LogP contribution is 2.59. The van der Waals surface area contributed by atoms with E-state index in [4.69, 9.17) is 9.47 Å². The SMILES string of the molecule is CCN(Cc1ccc(OC)cc1)C(c1ccc(OC)cc1)P(=O)(c1ccccc1)c1ccccc1. The van der Waals surface area contributed by atoms with Gasteiger partial charge in [-0.25, -0.2) is 0 Å². The van der Waals surface area contributed by atoms with Crippen LogP contribution in [0, 0.1) is 0 Å². The van der Waals surface area contributed by atoms with Crippen LogP contribution in [0.1, 0.15) is 23.8 Å². The molecule has 0 aromatic heterocycles. The monoisotopic (exact) mass is 485 g/mol. The summed E-state index contributed by atoms with van der Waals surface area (Å²) < 4.78 is 26.2. The number of hydrogen-bond donors (Lipinski definition) is 0. The number of methoxy groups -OCH3 is 2. The van der Waals surface area contributed by atoms with Gasteiger partial charge in [0.1, 0.15) is 11.5 Å². The molecule has 0 fully saturated rings. The molecule has 35 heavy (non-hydrogen) atoms. The van der Waals surface area contributed by atoms with Crippen molar-refractivity contribution in [2.75, 3.05) is 20.8 Å². The number of benzene rings is 4. The summed E-state index contributed by atoms with van der Waals surface area (Å²) in [4.78, 5) is 2.31. The van der Waals surface area contributed by atoms with Crippen LogP contribution < -0.4 is 20.1 Å². The van der Waals surface area contributed by atoms with Gasteiger partial charge >= 0.3 is 0 Å².